The van der Waals surface area contributed by atoms with Gasteiger partial charge in [0.15, 0.2) is 0 Å². The molecule has 1 aliphatic heterocycles. The number of rotatable bonds is 2. The molecule has 3 N–H and O–H groups in total. The number of nitrogen functional groups attached to an aromatic ring is 1. The van der Waals surface area contributed by atoms with Crippen LogP contribution in [0.5, 0.6) is 0 Å². The van der Waals surface area contributed by atoms with E-state index in [9.17, 15) is 0 Å². The summed E-state index contributed by atoms with van der Waals surface area (Å²) in [6, 6.07) is 0. The second-order valence-corrected chi connectivity index (χ2v) is 3.42. The van der Waals surface area contributed by atoms with Crippen LogP contribution in [0.3, 0.4) is 0 Å². The highest BCUT2D eigenvalue weighted by Gasteiger charge is 2.23. The van der Waals surface area contributed by atoms with Crippen molar-refractivity contribution in [1.82, 2.24) is 10.2 Å². The molecule has 2 rings (SSSR count). The Morgan fingerprint density at radius 3 is 3.15 bits per heavy atom. The molecule has 0 bridgehead atoms. The van der Waals surface area contributed by atoms with Crippen LogP contribution >= 0.6 is 0 Å². The van der Waals surface area contributed by atoms with Crippen LogP contribution in [0.15, 0.2) is 0 Å². The van der Waals surface area contributed by atoms with Crippen molar-refractivity contribution in [1.29, 1.82) is 0 Å². The maximum atomic E-state index is 5.74. The number of hydrogen-bond donors (Lipinski definition) is 2. The Morgan fingerprint density at radius 1 is 1.69 bits per heavy atom. The zero-order valence-corrected chi connectivity index (χ0v) is 7.84. The van der Waals surface area contributed by atoms with E-state index < -0.39 is 0 Å². The first-order valence-electron chi connectivity index (χ1n) is 4.73. The summed E-state index contributed by atoms with van der Waals surface area (Å²) in [7, 11) is 0. The average Bonchev–Trinajstić information content (AvgIpc) is 2.71. The third-order valence-electron chi connectivity index (χ3n) is 2.62. The Hall–Kier alpha value is -1.03. The van der Waals surface area contributed by atoms with Crippen LogP contribution in [-0.4, -0.2) is 23.4 Å². The summed E-state index contributed by atoms with van der Waals surface area (Å²) in [4.78, 5) is 0. The molecule has 13 heavy (non-hydrogen) atoms. The number of nitrogens with one attached hydrogen (secondary N) is 1. The van der Waals surface area contributed by atoms with E-state index in [1.807, 2.05) is 0 Å². The van der Waals surface area contributed by atoms with Gasteiger partial charge in [-0.15, -0.1) is 0 Å². The number of H-pyrrole nitrogens is 1. The fourth-order valence-electron chi connectivity index (χ4n) is 1.86. The smallest absolute Gasteiger partial charge is 0.148 e. The van der Waals surface area contributed by atoms with Crippen LogP contribution in [0.25, 0.3) is 0 Å². The van der Waals surface area contributed by atoms with E-state index >= 15 is 0 Å². The lowest BCUT2D eigenvalue weighted by molar-refractivity contribution is 0.193. The fourth-order valence-corrected chi connectivity index (χ4v) is 1.86. The van der Waals surface area contributed by atoms with Crippen molar-refractivity contribution in [3.8, 4) is 0 Å². The number of aromatic nitrogens is 2. The van der Waals surface area contributed by atoms with Crippen LogP contribution in [0, 0.1) is 0 Å². The number of anilines is 1. The lowest BCUT2D eigenvalue weighted by Crippen LogP contribution is -2.02. The molecule has 4 heteroatoms. The molecule has 0 radical (unpaired) electrons. The van der Waals surface area contributed by atoms with Gasteiger partial charge < -0.3 is 10.5 Å². The van der Waals surface area contributed by atoms with E-state index in [0.717, 1.165) is 31.6 Å². The van der Waals surface area contributed by atoms with Gasteiger partial charge in [0.1, 0.15) is 5.82 Å². The average molecular weight is 181 g/mol. The zero-order chi connectivity index (χ0) is 9.26. The van der Waals surface area contributed by atoms with Crippen LogP contribution in [0.1, 0.15) is 30.5 Å². The van der Waals surface area contributed by atoms with E-state index in [4.69, 9.17) is 10.5 Å². The molecule has 1 unspecified atom stereocenters. The topological polar surface area (TPSA) is 63.9 Å². The van der Waals surface area contributed by atoms with Crippen LogP contribution in [0.4, 0.5) is 5.82 Å². The predicted octanol–water partition coefficient (Wildman–Crippen LogP) is 1.06. The normalized spacial score (nSPS) is 22.4. The van der Waals surface area contributed by atoms with Crippen LogP contribution in [0.2, 0.25) is 0 Å². The number of aromatic amines is 1. The summed E-state index contributed by atoms with van der Waals surface area (Å²) in [6.07, 6.45) is 2.02. The van der Waals surface area contributed by atoms with Gasteiger partial charge >= 0.3 is 0 Å². The fraction of sp³-hybridized carbons (Fsp3) is 0.667. The van der Waals surface area contributed by atoms with Crippen molar-refractivity contribution in [2.75, 3.05) is 18.9 Å². The third kappa shape index (κ3) is 1.42. The van der Waals surface area contributed by atoms with Crippen LogP contribution in [-0.2, 0) is 11.2 Å². The Kier molecular flexibility index (Phi) is 2.22. The summed E-state index contributed by atoms with van der Waals surface area (Å²) >= 11 is 0. The standard InChI is InChI=1S/C9H15N3O/c1-2-7-8(11-12-9(7)10)6-3-4-13-5-6/h6H,2-5H2,1H3,(H3,10,11,12). The summed E-state index contributed by atoms with van der Waals surface area (Å²) in [5.41, 5.74) is 8.08. The molecule has 1 aromatic rings. The molecule has 0 amide bonds. The van der Waals surface area contributed by atoms with Gasteiger partial charge in [-0.3, -0.25) is 5.10 Å². The molecule has 1 saturated heterocycles. The number of ether oxygens (including phenoxy) is 1. The summed E-state index contributed by atoms with van der Waals surface area (Å²) in [5, 5.41) is 7.04. The Balaban J connectivity index is 2.27. The van der Waals surface area contributed by atoms with Gasteiger partial charge in [-0.25, -0.2) is 0 Å². The Morgan fingerprint density at radius 2 is 2.54 bits per heavy atom. The van der Waals surface area contributed by atoms with Crippen molar-refractivity contribution in [2.24, 2.45) is 0 Å². The lowest BCUT2D eigenvalue weighted by atomic mass is 10.00. The van der Waals surface area contributed by atoms with Crippen LogP contribution < -0.4 is 5.73 Å². The van der Waals surface area contributed by atoms with Crippen molar-refractivity contribution in [3.05, 3.63) is 11.3 Å². The number of nitrogens with zero attached hydrogens (tertiary/aromatic N) is 1. The third-order valence-corrected chi connectivity index (χ3v) is 2.62. The summed E-state index contributed by atoms with van der Waals surface area (Å²) in [5.74, 6) is 1.11. The first kappa shape index (κ1) is 8.56. The number of hydrogen-bond acceptors (Lipinski definition) is 3. The minimum atomic E-state index is 0.472. The van der Waals surface area contributed by atoms with Gasteiger partial charge in [0.25, 0.3) is 0 Å². The maximum Gasteiger partial charge on any atom is 0.148 e. The molecular formula is C9H15N3O. The van der Waals surface area contributed by atoms with E-state index in [1.54, 1.807) is 0 Å². The van der Waals surface area contributed by atoms with E-state index in [2.05, 4.69) is 17.1 Å². The van der Waals surface area contributed by atoms with E-state index in [0.29, 0.717) is 11.7 Å². The SMILES string of the molecule is CCc1c(N)n[nH]c1C1CCOC1. The van der Waals surface area contributed by atoms with Gasteiger partial charge in [0.2, 0.25) is 0 Å². The first-order valence-corrected chi connectivity index (χ1v) is 4.73. The highest BCUT2D eigenvalue weighted by atomic mass is 16.5. The molecule has 1 aromatic heterocycles. The van der Waals surface area contributed by atoms with E-state index in [1.165, 1.54) is 5.69 Å². The Bertz CT molecular complexity index is 289. The van der Waals surface area contributed by atoms with Crippen molar-refractivity contribution < 1.29 is 4.74 Å². The molecule has 2 heterocycles. The van der Waals surface area contributed by atoms with Crippen molar-refractivity contribution >= 4 is 5.82 Å². The molecule has 1 fully saturated rings. The van der Waals surface area contributed by atoms with Crippen molar-refractivity contribution in [3.63, 3.8) is 0 Å². The van der Waals surface area contributed by atoms with Gasteiger partial charge in [-0.2, -0.15) is 5.10 Å². The minimum Gasteiger partial charge on any atom is -0.382 e. The molecular weight excluding hydrogens is 166 g/mol. The first-order chi connectivity index (χ1) is 6.33. The van der Waals surface area contributed by atoms with Gasteiger partial charge in [-0.1, -0.05) is 6.92 Å². The summed E-state index contributed by atoms with van der Waals surface area (Å²) in [6.45, 7) is 3.75. The number of nitrogens with two attached hydrogens (primary N) is 1. The molecule has 72 valence electrons. The second-order valence-electron chi connectivity index (χ2n) is 3.42. The van der Waals surface area contributed by atoms with Gasteiger partial charge in [0, 0.05) is 23.8 Å². The van der Waals surface area contributed by atoms with Gasteiger partial charge in [-0.05, 0) is 12.8 Å². The lowest BCUT2D eigenvalue weighted by Gasteiger charge is -2.06. The van der Waals surface area contributed by atoms with Gasteiger partial charge in [0.05, 0.1) is 6.61 Å². The minimum absolute atomic E-state index is 0.472. The molecule has 0 saturated carbocycles. The quantitative estimate of drug-likeness (QED) is 0.717. The predicted molar refractivity (Wildman–Crippen MR) is 50.6 cm³/mol. The molecule has 0 aromatic carbocycles. The Labute approximate surface area is 77.5 Å². The molecule has 1 atom stereocenters. The highest BCUT2D eigenvalue weighted by Crippen LogP contribution is 2.28. The van der Waals surface area contributed by atoms with Crippen molar-refractivity contribution in [2.45, 2.75) is 25.7 Å². The maximum absolute atomic E-state index is 5.74. The monoisotopic (exact) mass is 181 g/mol. The highest BCUT2D eigenvalue weighted by molar-refractivity contribution is 5.43. The molecule has 1 aliphatic rings. The molecule has 0 aliphatic carbocycles. The molecule has 4 nitrogen and oxygen atoms in total. The zero-order valence-electron chi connectivity index (χ0n) is 7.84. The largest absolute Gasteiger partial charge is 0.382 e. The summed E-state index contributed by atoms with van der Waals surface area (Å²) < 4.78 is 5.33. The molecule has 0 spiro atoms. The van der Waals surface area contributed by atoms with E-state index in [-0.39, 0.29) is 0 Å². The second kappa shape index (κ2) is 3.38.